The Balaban J connectivity index is 0.00000235. The molecule has 198 valence electrons. The minimum absolute atomic E-state index is 0.129. The summed E-state index contributed by atoms with van der Waals surface area (Å²) in [7, 11) is 2.21. The average molecular weight is 519 g/mol. The van der Waals surface area contributed by atoms with Gasteiger partial charge >= 0.3 is 0 Å². The molecule has 1 unspecified atom stereocenters. The number of nitrogens with one attached hydrogen (secondary N) is 1. The molecular weight excluding hydrogens is 476 g/mol. The fraction of sp³-hybridized carbons (Fsp3) is 0.533. The van der Waals surface area contributed by atoms with Crippen LogP contribution in [0.5, 0.6) is 0 Å². The lowest BCUT2D eigenvalue weighted by molar-refractivity contribution is 0.293. The molecule has 0 spiro atoms. The molecule has 0 bridgehead atoms. The van der Waals surface area contributed by atoms with Crippen molar-refractivity contribution in [2.24, 2.45) is 9.98 Å². The van der Waals surface area contributed by atoms with E-state index in [4.69, 9.17) is 16.1 Å². The van der Waals surface area contributed by atoms with Crippen molar-refractivity contribution in [1.82, 2.24) is 4.90 Å². The van der Waals surface area contributed by atoms with Gasteiger partial charge in [0.2, 0.25) is 0 Å². The molecule has 0 amide bonds. The molecule has 7 heteroatoms. The minimum atomic E-state index is 0.129. The number of hydrogen-bond donors (Lipinski definition) is 2. The van der Waals surface area contributed by atoms with Crippen molar-refractivity contribution in [2.75, 3.05) is 25.9 Å². The second-order valence-electron chi connectivity index (χ2n) is 9.71. The molecule has 1 saturated heterocycles. The summed E-state index contributed by atoms with van der Waals surface area (Å²) in [5, 5.41) is 19.6. The molecule has 0 radical (unpaired) electrons. The van der Waals surface area contributed by atoms with E-state index >= 15 is 0 Å². The highest BCUT2D eigenvalue weighted by atomic mass is 32.1. The van der Waals surface area contributed by atoms with E-state index in [0.29, 0.717) is 34.6 Å². The Morgan fingerprint density at radius 3 is 2.73 bits per heavy atom. The Bertz CT molecular complexity index is 1100. The van der Waals surface area contributed by atoms with E-state index in [1.165, 1.54) is 29.8 Å². The quantitative estimate of drug-likeness (QED) is 0.198. The number of rotatable bonds is 11. The van der Waals surface area contributed by atoms with Crippen molar-refractivity contribution >= 4 is 34.5 Å². The molecule has 1 aliphatic heterocycles. The standard InChI is InChI=1S/C28H40N6S.C2H2/c1-5-9-22(19(2)21-12-6-13-25-26(21)23(18-29)28(31)35-25)27(30)24(14-16-32-3)33-15-7-10-20-11-8-17-34(20)4;1-2/h14,16,20-21,30H,3,5-13,15,17,31H2,1-2,4H3;1-2H/b16-14-,22-19+,30-27?,33-24?;/t20-,21?;/m1./s1. The number of fused-ring (bicyclic) bond motifs is 1. The van der Waals surface area contributed by atoms with Gasteiger partial charge in [0.1, 0.15) is 11.1 Å². The van der Waals surface area contributed by atoms with Gasteiger partial charge in [-0.1, -0.05) is 18.9 Å². The Morgan fingerprint density at radius 1 is 1.35 bits per heavy atom. The predicted molar refractivity (Wildman–Crippen MR) is 160 cm³/mol. The number of nitriles is 1. The summed E-state index contributed by atoms with van der Waals surface area (Å²) in [6.07, 6.45) is 20.9. The van der Waals surface area contributed by atoms with Crippen LogP contribution in [0.4, 0.5) is 5.00 Å². The van der Waals surface area contributed by atoms with Crippen molar-refractivity contribution in [2.45, 2.75) is 83.6 Å². The molecule has 3 rings (SSSR count). The van der Waals surface area contributed by atoms with Crippen LogP contribution in [0.15, 0.2) is 33.4 Å². The van der Waals surface area contributed by atoms with Gasteiger partial charge in [-0.3, -0.25) is 15.4 Å². The topological polar surface area (TPSA) is 102 Å². The number of nitrogens with two attached hydrogens (primary N) is 1. The predicted octanol–water partition coefficient (Wildman–Crippen LogP) is 6.54. The van der Waals surface area contributed by atoms with Gasteiger partial charge in [-0.05, 0) is 95.8 Å². The number of anilines is 1. The highest BCUT2D eigenvalue weighted by molar-refractivity contribution is 7.16. The molecule has 2 atom stereocenters. The lowest BCUT2D eigenvalue weighted by Gasteiger charge is -2.27. The molecule has 1 aromatic heterocycles. The molecule has 6 nitrogen and oxygen atoms in total. The molecule has 3 N–H and O–H groups in total. The van der Waals surface area contributed by atoms with Gasteiger partial charge in [-0.25, -0.2) is 0 Å². The molecule has 1 aromatic rings. The largest absolute Gasteiger partial charge is 0.389 e. The summed E-state index contributed by atoms with van der Waals surface area (Å²) in [5.41, 5.74) is 11.3. The Hall–Kier alpha value is -3.00. The number of allylic oxidation sites excluding steroid dienone is 3. The Morgan fingerprint density at radius 2 is 2.11 bits per heavy atom. The number of thiophene rings is 1. The van der Waals surface area contributed by atoms with E-state index in [0.717, 1.165) is 56.1 Å². The molecule has 0 saturated carbocycles. The van der Waals surface area contributed by atoms with Gasteiger partial charge in [0.05, 0.1) is 17.0 Å². The van der Waals surface area contributed by atoms with Crippen molar-refractivity contribution in [3.05, 3.63) is 39.4 Å². The van der Waals surface area contributed by atoms with Gasteiger partial charge < -0.3 is 10.6 Å². The van der Waals surface area contributed by atoms with Crippen LogP contribution < -0.4 is 5.73 Å². The SMILES string of the molecule is C#C.C=N/C=C\C(=NCCC[C@@H]1CCCN1C)C(=N)/C(CCC)=C(\C)C1CCCc2sc(N)c(C#N)c21. The maximum atomic E-state index is 9.79. The lowest BCUT2D eigenvalue weighted by atomic mass is 9.77. The molecule has 1 aliphatic carbocycles. The molecule has 0 aromatic carbocycles. The number of aliphatic imine (C=N–C) groups is 2. The third-order valence-electron chi connectivity index (χ3n) is 7.45. The number of terminal acetylenes is 1. The molecular formula is C30H42N6S. The maximum Gasteiger partial charge on any atom is 0.104 e. The second kappa shape index (κ2) is 15.3. The first-order valence-corrected chi connectivity index (χ1v) is 14.0. The van der Waals surface area contributed by atoms with Gasteiger partial charge in [0.15, 0.2) is 0 Å². The molecule has 2 aliphatic rings. The van der Waals surface area contributed by atoms with Crippen LogP contribution in [-0.4, -0.2) is 49.2 Å². The first-order valence-electron chi connectivity index (χ1n) is 13.2. The van der Waals surface area contributed by atoms with Crippen LogP contribution >= 0.6 is 11.3 Å². The smallest absolute Gasteiger partial charge is 0.104 e. The van der Waals surface area contributed by atoms with E-state index in [2.05, 4.69) is 56.4 Å². The van der Waals surface area contributed by atoms with Gasteiger partial charge in [0, 0.05) is 29.6 Å². The zero-order chi connectivity index (χ0) is 27.4. The van der Waals surface area contributed by atoms with Crippen LogP contribution in [0.25, 0.3) is 0 Å². The third kappa shape index (κ3) is 7.51. The zero-order valence-corrected chi connectivity index (χ0v) is 23.5. The van der Waals surface area contributed by atoms with E-state index in [9.17, 15) is 5.26 Å². The van der Waals surface area contributed by atoms with Crippen molar-refractivity contribution < 1.29 is 0 Å². The summed E-state index contributed by atoms with van der Waals surface area (Å²) >= 11 is 1.56. The number of nitrogens with zero attached hydrogens (tertiary/aromatic N) is 4. The van der Waals surface area contributed by atoms with Crippen LogP contribution in [0.3, 0.4) is 0 Å². The number of likely N-dealkylation sites (tertiary alicyclic amines) is 1. The summed E-state index contributed by atoms with van der Waals surface area (Å²) in [4.78, 5) is 12.4. The summed E-state index contributed by atoms with van der Waals surface area (Å²) in [6.45, 7) is 9.74. The summed E-state index contributed by atoms with van der Waals surface area (Å²) in [6, 6.07) is 3.01. The number of aryl methyl sites for hydroxylation is 1. The first-order chi connectivity index (χ1) is 17.9. The van der Waals surface area contributed by atoms with Crippen molar-refractivity contribution in [3.63, 3.8) is 0 Å². The van der Waals surface area contributed by atoms with E-state index in [1.54, 1.807) is 17.5 Å². The lowest BCUT2D eigenvalue weighted by Crippen LogP contribution is -2.24. The Labute approximate surface area is 227 Å². The van der Waals surface area contributed by atoms with Gasteiger partial charge in [-0.15, -0.1) is 24.2 Å². The fourth-order valence-electron chi connectivity index (χ4n) is 5.57. The summed E-state index contributed by atoms with van der Waals surface area (Å²) in [5.74, 6) is 0.129. The Kier molecular flexibility index (Phi) is 12.5. The van der Waals surface area contributed by atoms with Crippen molar-refractivity contribution in [1.29, 1.82) is 10.7 Å². The van der Waals surface area contributed by atoms with Crippen LogP contribution in [0.1, 0.15) is 87.1 Å². The summed E-state index contributed by atoms with van der Waals surface area (Å²) < 4.78 is 0. The molecule has 1 fully saturated rings. The molecule has 37 heavy (non-hydrogen) atoms. The first kappa shape index (κ1) is 30.2. The van der Waals surface area contributed by atoms with Crippen LogP contribution in [-0.2, 0) is 6.42 Å². The van der Waals surface area contributed by atoms with Crippen LogP contribution in [0.2, 0.25) is 0 Å². The van der Waals surface area contributed by atoms with Crippen LogP contribution in [0, 0.1) is 29.6 Å². The van der Waals surface area contributed by atoms with Gasteiger partial charge in [-0.2, -0.15) is 5.26 Å². The fourth-order valence-corrected chi connectivity index (χ4v) is 6.69. The third-order valence-corrected chi connectivity index (χ3v) is 8.54. The number of nitrogen functional groups attached to an aromatic ring is 1. The average Bonchev–Trinajstić information content (AvgIpc) is 3.48. The maximum absolute atomic E-state index is 9.79. The highest BCUT2D eigenvalue weighted by Gasteiger charge is 2.30. The minimum Gasteiger partial charge on any atom is -0.389 e. The van der Waals surface area contributed by atoms with Gasteiger partial charge in [0.25, 0.3) is 0 Å². The van der Waals surface area contributed by atoms with E-state index in [-0.39, 0.29) is 5.92 Å². The van der Waals surface area contributed by atoms with E-state index < -0.39 is 0 Å². The number of hydrogen-bond acceptors (Lipinski definition) is 7. The monoisotopic (exact) mass is 518 g/mol. The van der Waals surface area contributed by atoms with E-state index in [1.807, 2.05) is 6.08 Å². The zero-order valence-electron chi connectivity index (χ0n) is 22.7. The highest BCUT2D eigenvalue weighted by Crippen LogP contribution is 2.46. The normalized spacial score (nSPS) is 20.5. The van der Waals surface area contributed by atoms with Crippen molar-refractivity contribution in [3.8, 4) is 18.9 Å². The molecule has 2 heterocycles. The second-order valence-corrected chi connectivity index (χ2v) is 10.8.